The molecule has 4 rings (SSSR count). The standard InChI is InChI=1S/C28H28F3N5/c1-4-22(21(3)23-7-10-25(11-8-23)36-13-5-6-26(36)16-32)19-34-14-15-35(20(2)18-34)27-12-9-24(17-33-27)28(29,30)31/h4-13,17,20H,3,14-15,18-19H2,1-2H3/b22-4-/t20-/m1/s1. The van der Waals surface area contributed by atoms with Crippen LogP contribution in [-0.4, -0.2) is 46.7 Å². The quantitative estimate of drug-likeness (QED) is 0.401. The fourth-order valence-corrected chi connectivity index (χ4v) is 4.55. The van der Waals surface area contributed by atoms with Crippen molar-refractivity contribution in [2.45, 2.75) is 26.1 Å². The van der Waals surface area contributed by atoms with E-state index in [4.69, 9.17) is 0 Å². The smallest absolute Gasteiger partial charge is 0.351 e. The monoisotopic (exact) mass is 491 g/mol. The second-order valence-electron chi connectivity index (χ2n) is 8.89. The van der Waals surface area contributed by atoms with E-state index in [2.05, 4.69) is 40.4 Å². The number of nitriles is 1. The van der Waals surface area contributed by atoms with Gasteiger partial charge in [-0.1, -0.05) is 24.8 Å². The Morgan fingerprint density at radius 3 is 2.50 bits per heavy atom. The average molecular weight is 492 g/mol. The van der Waals surface area contributed by atoms with Crippen LogP contribution in [0.4, 0.5) is 19.0 Å². The second kappa shape index (κ2) is 10.4. The van der Waals surface area contributed by atoms with Crippen LogP contribution in [0, 0.1) is 11.3 Å². The van der Waals surface area contributed by atoms with Crippen molar-refractivity contribution in [3.8, 4) is 11.8 Å². The van der Waals surface area contributed by atoms with E-state index in [1.807, 2.05) is 48.0 Å². The number of hydrogen-bond acceptors (Lipinski definition) is 4. The molecule has 0 spiro atoms. The molecule has 1 saturated heterocycles. The highest BCUT2D eigenvalue weighted by Crippen LogP contribution is 2.30. The Morgan fingerprint density at radius 1 is 1.17 bits per heavy atom. The molecule has 0 radical (unpaired) electrons. The molecule has 3 heterocycles. The molecule has 5 nitrogen and oxygen atoms in total. The molecule has 0 bridgehead atoms. The SMILES string of the molecule is C=C(/C(=C\C)CN1CCN(c2ccc(C(F)(F)F)cn2)[C@H](C)C1)c1ccc(-n2cccc2C#N)cc1. The minimum absolute atomic E-state index is 0.101. The number of aromatic nitrogens is 2. The van der Waals surface area contributed by atoms with Gasteiger partial charge < -0.3 is 9.47 Å². The van der Waals surface area contributed by atoms with Gasteiger partial charge in [0.05, 0.1) is 5.56 Å². The summed E-state index contributed by atoms with van der Waals surface area (Å²) in [5.74, 6) is 0.563. The Hall–Kier alpha value is -3.83. The molecule has 0 aliphatic carbocycles. The molecular formula is C28H28F3N5. The predicted octanol–water partition coefficient (Wildman–Crippen LogP) is 5.93. The van der Waals surface area contributed by atoms with E-state index in [0.717, 1.165) is 54.3 Å². The van der Waals surface area contributed by atoms with Crippen molar-refractivity contribution in [2.75, 3.05) is 31.1 Å². The number of halogens is 3. The summed E-state index contributed by atoms with van der Waals surface area (Å²) in [5.41, 5.74) is 3.83. The van der Waals surface area contributed by atoms with Crippen molar-refractivity contribution in [3.05, 3.63) is 96.0 Å². The van der Waals surface area contributed by atoms with Gasteiger partial charge >= 0.3 is 6.18 Å². The van der Waals surface area contributed by atoms with Crippen LogP contribution in [0.25, 0.3) is 11.3 Å². The zero-order valence-corrected chi connectivity index (χ0v) is 20.3. The van der Waals surface area contributed by atoms with Crippen molar-refractivity contribution < 1.29 is 13.2 Å². The number of benzene rings is 1. The fourth-order valence-electron chi connectivity index (χ4n) is 4.55. The number of piperazine rings is 1. The molecule has 0 saturated carbocycles. The Bertz CT molecular complexity index is 1280. The first-order chi connectivity index (χ1) is 17.2. The maximum Gasteiger partial charge on any atom is 0.417 e. The maximum atomic E-state index is 12.9. The lowest BCUT2D eigenvalue weighted by molar-refractivity contribution is -0.137. The zero-order valence-electron chi connectivity index (χ0n) is 20.3. The Labute approximate surface area is 209 Å². The number of allylic oxidation sites excluding steroid dienone is 1. The molecular weight excluding hydrogens is 463 g/mol. The van der Waals surface area contributed by atoms with E-state index in [0.29, 0.717) is 18.1 Å². The van der Waals surface area contributed by atoms with E-state index in [9.17, 15) is 18.4 Å². The van der Waals surface area contributed by atoms with Gasteiger partial charge in [-0.15, -0.1) is 0 Å². The fraction of sp³-hybridized carbons (Fsp3) is 0.286. The summed E-state index contributed by atoms with van der Waals surface area (Å²) >= 11 is 0. The molecule has 1 aromatic carbocycles. The molecule has 1 fully saturated rings. The lowest BCUT2D eigenvalue weighted by Crippen LogP contribution is -2.52. The topological polar surface area (TPSA) is 48.1 Å². The van der Waals surface area contributed by atoms with E-state index >= 15 is 0 Å². The minimum Gasteiger partial charge on any atom is -0.351 e. The summed E-state index contributed by atoms with van der Waals surface area (Å²) in [4.78, 5) is 8.45. The first-order valence-electron chi connectivity index (χ1n) is 11.8. The highest BCUT2D eigenvalue weighted by atomic mass is 19.4. The molecule has 0 amide bonds. The van der Waals surface area contributed by atoms with Crippen molar-refractivity contribution in [2.24, 2.45) is 0 Å². The second-order valence-corrected chi connectivity index (χ2v) is 8.89. The van der Waals surface area contributed by atoms with Gasteiger partial charge in [-0.3, -0.25) is 4.90 Å². The third-order valence-corrected chi connectivity index (χ3v) is 6.57. The van der Waals surface area contributed by atoms with Gasteiger partial charge in [0.15, 0.2) is 0 Å². The van der Waals surface area contributed by atoms with Crippen LogP contribution in [0.1, 0.15) is 30.7 Å². The molecule has 1 atom stereocenters. The number of rotatable bonds is 6. The molecule has 1 aliphatic rings. The zero-order chi connectivity index (χ0) is 25.9. The maximum absolute atomic E-state index is 12.9. The molecule has 0 unspecified atom stereocenters. The van der Waals surface area contributed by atoms with Crippen LogP contribution in [-0.2, 0) is 6.18 Å². The Kier molecular flexibility index (Phi) is 7.32. The summed E-state index contributed by atoms with van der Waals surface area (Å²) in [6.45, 7) is 11.3. The van der Waals surface area contributed by atoms with Gasteiger partial charge in [0.25, 0.3) is 0 Å². The Balaban J connectivity index is 1.39. The summed E-state index contributed by atoms with van der Waals surface area (Å²) in [6.07, 6.45) is 0.452. The van der Waals surface area contributed by atoms with Gasteiger partial charge in [0, 0.05) is 50.3 Å². The number of alkyl halides is 3. The molecule has 0 N–H and O–H groups in total. The average Bonchev–Trinajstić information content (AvgIpc) is 3.36. The highest BCUT2D eigenvalue weighted by molar-refractivity contribution is 5.78. The summed E-state index contributed by atoms with van der Waals surface area (Å²) in [6, 6.07) is 16.4. The lowest BCUT2D eigenvalue weighted by atomic mass is 9.98. The predicted molar refractivity (Wildman–Crippen MR) is 136 cm³/mol. The normalized spacial score (nSPS) is 17.2. The largest absolute Gasteiger partial charge is 0.417 e. The van der Waals surface area contributed by atoms with Crippen LogP contribution in [0.3, 0.4) is 0 Å². The van der Waals surface area contributed by atoms with E-state index in [-0.39, 0.29) is 6.04 Å². The van der Waals surface area contributed by atoms with Gasteiger partial charge in [-0.25, -0.2) is 4.98 Å². The van der Waals surface area contributed by atoms with Crippen LogP contribution < -0.4 is 4.90 Å². The number of nitrogens with zero attached hydrogens (tertiary/aromatic N) is 5. The molecule has 3 aromatic rings. The van der Waals surface area contributed by atoms with Crippen molar-refractivity contribution in [1.29, 1.82) is 5.26 Å². The molecule has 8 heteroatoms. The van der Waals surface area contributed by atoms with E-state index in [1.54, 1.807) is 6.07 Å². The number of hydrogen-bond donors (Lipinski definition) is 0. The highest BCUT2D eigenvalue weighted by Gasteiger charge is 2.31. The van der Waals surface area contributed by atoms with E-state index in [1.165, 1.54) is 6.07 Å². The number of anilines is 1. The number of pyridine rings is 1. The molecule has 186 valence electrons. The van der Waals surface area contributed by atoms with Gasteiger partial charge in [0.1, 0.15) is 17.6 Å². The molecule has 2 aromatic heterocycles. The van der Waals surface area contributed by atoms with E-state index < -0.39 is 11.7 Å². The van der Waals surface area contributed by atoms with Crippen LogP contribution >= 0.6 is 0 Å². The first-order valence-corrected chi connectivity index (χ1v) is 11.8. The first kappa shape index (κ1) is 25.3. The summed E-state index contributed by atoms with van der Waals surface area (Å²) in [7, 11) is 0. The van der Waals surface area contributed by atoms with Gasteiger partial charge in [0.2, 0.25) is 0 Å². The molecule has 1 aliphatic heterocycles. The minimum atomic E-state index is -4.39. The van der Waals surface area contributed by atoms with Crippen LogP contribution in [0.15, 0.2) is 79.2 Å². The van der Waals surface area contributed by atoms with Gasteiger partial charge in [-0.05, 0) is 67.0 Å². The lowest BCUT2D eigenvalue weighted by Gasteiger charge is -2.41. The molecule has 36 heavy (non-hydrogen) atoms. The van der Waals surface area contributed by atoms with Crippen LogP contribution in [0.5, 0.6) is 0 Å². The van der Waals surface area contributed by atoms with Crippen LogP contribution in [0.2, 0.25) is 0 Å². The summed E-state index contributed by atoms with van der Waals surface area (Å²) < 4.78 is 40.4. The third-order valence-electron chi connectivity index (χ3n) is 6.57. The Morgan fingerprint density at radius 2 is 1.92 bits per heavy atom. The van der Waals surface area contributed by atoms with Crippen molar-refractivity contribution in [1.82, 2.24) is 14.5 Å². The van der Waals surface area contributed by atoms with Crippen molar-refractivity contribution >= 4 is 11.4 Å². The van der Waals surface area contributed by atoms with Crippen molar-refractivity contribution in [3.63, 3.8) is 0 Å². The third kappa shape index (κ3) is 5.37. The summed E-state index contributed by atoms with van der Waals surface area (Å²) in [5, 5.41) is 9.27. The van der Waals surface area contributed by atoms with Gasteiger partial charge in [-0.2, -0.15) is 18.4 Å².